The SMILES string of the molecule is Cc1nc([C@H]2CCCN(C(=O)C[C@H](C)n3cccc3)C2)sc1C. The summed E-state index contributed by atoms with van der Waals surface area (Å²) in [5.74, 6) is 0.674. The van der Waals surface area contributed by atoms with Crippen LogP contribution in [-0.4, -0.2) is 33.4 Å². The Morgan fingerprint density at radius 1 is 1.39 bits per heavy atom. The van der Waals surface area contributed by atoms with E-state index < -0.39 is 0 Å². The lowest BCUT2D eigenvalue weighted by molar-refractivity contribution is -0.133. The van der Waals surface area contributed by atoms with E-state index in [0.29, 0.717) is 12.3 Å². The fraction of sp³-hybridized carbons (Fsp3) is 0.556. The van der Waals surface area contributed by atoms with Crippen molar-refractivity contribution in [2.45, 2.75) is 52.0 Å². The fourth-order valence-electron chi connectivity index (χ4n) is 3.21. The van der Waals surface area contributed by atoms with Crippen molar-refractivity contribution in [3.8, 4) is 0 Å². The molecule has 23 heavy (non-hydrogen) atoms. The molecule has 0 radical (unpaired) electrons. The van der Waals surface area contributed by atoms with Crippen LogP contribution >= 0.6 is 11.3 Å². The summed E-state index contributed by atoms with van der Waals surface area (Å²) < 4.78 is 2.10. The van der Waals surface area contributed by atoms with Crippen LogP contribution in [0.2, 0.25) is 0 Å². The molecule has 0 aliphatic carbocycles. The van der Waals surface area contributed by atoms with Crippen molar-refractivity contribution in [1.82, 2.24) is 14.5 Å². The summed E-state index contributed by atoms with van der Waals surface area (Å²) in [6.07, 6.45) is 6.84. The number of likely N-dealkylation sites (tertiary alicyclic amines) is 1. The van der Waals surface area contributed by atoms with Gasteiger partial charge in [0.2, 0.25) is 5.91 Å². The minimum absolute atomic E-state index is 0.210. The van der Waals surface area contributed by atoms with Crippen LogP contribution in [0.4, 0.5) is 0 Å². The van der Waals surface area contributed by atoms with Gasteiger partial charge in [0.25, 0.3) is 0 Å². The van der Waals surface area contributed by atoms with Crippen LogP contribution in [0, 0.1) is 13.8 Å². The summed E-state index contributed by atoms with van der Waals surface area (Å²) in [5, 5.41) is 1.20. The highest BCUT2D eigenvalue weighted by molar-refractivity contribution is 7.11. The third kappa shape index (κ3) is 3.66. The summed E-state index contributed by atoms with van der Waals surface area (Å²) in [6.45, 7) is 8.01. The molecule has 3 rings (SSSR count). The first-order valence-electron chi connectivity index (χ1n) is 8.38. The molecule has 2 atom stereocenters. The van der Waals surface area contributed by atoms with Crippen LogP contribution in [0.15, 0.2) is 24.5 Å². The second-order valence-electron chi connectivity index (χ2n) is 6.56. The van der Waals surface area contributed by atoms with Crippen molar-refractivity contribution in [2.75, 3.05) is 13.1 Å². The maximum absolute atomic E-state index is 12.6. The molecule has 2 aromatic heterocycles. The number of hydrogen-bond acceptors (Lipinski definition) is 3. The number of carbonyl (C=O) groups excluding carboxylic acids is 1. The monoisotopic (exact) mass is 331 g/mol. The molecule has 1 amide bonds. The Morgan fingerprint density at radius 2 is 2.13 bits per heavy atom. The van der Waals surface area contributed by atoms with Crippen LogP contribution in [0.5, 0.6) is 0 Å². The highest BCUT2D eigenvalue weighted by Crippen LogP contribution is 2.31. The van der Waals surface area contributed by atoms with E-state index in [9.17, 15) is 4.79 Å². The van der Waals surface area contributed by atoms with Gasteiger partial charge in [0.05, 0.1) is 10.7 Å². The predicted molar refractivity (Wildman–Crippen MR) is 93.9 cm³/mol. The van der Waals surface area contributed by atoms with Gasteiger partial charge in [-0.2, -0.15) is 0 Å². The zero-order chi connectivity index (χ0) is 16.4. The second-order valence-corrected chi connectivity index (χ2v) is 7.79. The summed E-state index contributed by atoms with van der Waals surface area (Å²) >= 11 is 1.79. The quantitative estimate of drug-likeness (QED) is 0.851. The molecule has 0 N–H and O–H groups in total. The molecule has 0 bridgehead atoms. The number of piperidine rings is 1. The molecule has 1 fully saturated rings. The van der Waals surface area contributed by atoms with E-state index >= 15 is 0 Å². The molecule has 1 aliphatic rings. The van der Waals surface area contributed by atoms with Crippen LogP contribution in [-0.2, 0) is 4.79 Å². The lowest BCUT2D eigenvalue weighted by Gasteiger charge is -2.32. The molecular weight excluding hydrogens is 306 g/mol. The van der Waals surface area contributed by atoms with Crippen molar-refractivity contribution < 1.29 is 4.79 Å². The standard InChI is InChI=1S/C18H25N3OS/c1-13(20-8-4-5-9-20)11-17(22)21-10-6-7-16(12-21)18-19-14(2)15(3)23-18/h4-5,8-9,13,16H,6-7,10-12H2,1-3H3/t13-,16-/m0/s1. The molecule has 0 aromatic carbocycles. The normalized spacial score (nSPS) is 19.8. The van der Waals surface area contributed by atoms with E-state index in [1.807, 2.05) is 29.4 Å². The summed E-state index contributed by atoms with van der Waals surface area (Å²) in [5.41, 5.74) is 1.13. The Labute approximate surface area is 142 Å². The smallest absolute Gasteiger partial charge is 0.224 e. The third-order valence-corrected chi connectivity index (χ3v) is 6.01. The van der Waals surface area contributed by atoms with Crippen LogP contribution in [0.25, 0.3) is 0 Å². The van der Waals surface area contributed by atoms with Gasteiger partial charge in [0.1, 0.15) is 0 Å². The first-order chi connectivity index (χ1) is 11.0. The number of aryl methyl sites for hydroxylation is 2. The highest BCUT2D eigenvalue weighted by Gasteiger charge is 2.27. The van der Waals surface area contributed by atoms with E-state index in [0.717, 1.165) is 31.6 Å². The van der Waals surface area contributed by atoms with Gasteiger partial charge in [0, 0.05) is 48.7 Å². The summed E-state index contributed by atoms with van der Waals surface area (Å²) in [4.78, 5) is 20.7. The maximum Gasteiger partial charge on any atom is 0.224 e. The van der Waals surface area contributed by atoms with Crippen LogP contribution in [0.3, 0.4) is 0 Å². The lowest BCUT2D eigenvalue weighted by atomic mass is 9.98. The van der Waals surface area contributed by atoms with Gasteiger partial charge in [-0.25, -0.2) is 4.98 Å². The van der Waals surface area contributed by atoms with E-state index in [2.05, 4.69) is 25.3 Å². The van der Waals surface area contributed by atoms with Crippen molar-refractivity contribution >= 4 is 17.2 Å². The first-order valence-corrected chi connectivity index (χ1v) is 9.20. The molecule has 5 heteroatoms. The lowest BCUT2D eigenvalue weighted by Crippen LogP contribution is -2.39. The number of amides is 1. The number of aromatic nitrogens is 2. The Morgan fingerprint density at radius 3 is 2.78 bits per heavy atom. The maximum atomic E-state index is 12.6. The van der Waals surface area contributed by atoms with E-state index in [4.69, 9.17) is 4.98 Å². The largest absolute Gasteiger partial charge is 0.351 e. The topological polar surface area (TPSA) is 38.1 Å². The molecule has 124 valence electrons. The predicted octanol–water partition coefficient (Wildman–Crippen LogP) is 3.92. The van der Waals surface area contributed by atoms with Crippen molar-refractivity contribution in [1.29, 1.82) is 0 Å². The van der Waals surface area contributed by atoms with Gasteiger partial charge >= 0.3 is 0 Å². The van der Waals surface area contributed by atoms with Crippen molar-refractivity contribution in [3.05, 3.63) is 40.1 Å². The molecule has 1 saturated heterocycles. The van der Waals surface area contributed by atoms with Crippen LogP contribution in [0.1, 0.15) is 53.7 Å². The molecule has 0 saturated carbocycles. The number of nitrogens with zero attached hydrogens (tertiary/aromatic N) is 3. The van der Waals surface area contributed by atoms with Gasteiger partial charge in [-0.15, -0.1) is 11.3 Å². The summed E-state index contributed by atoms with van der Waals surface area (Å²) in [6, 6.07) is 4.22. The van der Waals surface area contributed by atoms with Gasteiger partial charge < -0.3 is 9.47 Å². The minimum Gasteiger partial charge on any atom is -0.351 e. The Hall–Kier alpha value is -1.62. The van der Waals surface area contributed by atoms with Gasteiger partial charge in [-0.1, -0.05) is 0 Å². The second kappa shape index (κ2) is 6.87. The molecule has 0 spiro atoms. The summed E-state index contributed by atoms with van der Waals surface area (Å²) in [7, 11) is 0. The third-order valence-electron chi connectivity index (χ3n) is 4.77. The van der Waals surface area contributed by atoms with E-state index in [-0.39, 0.29) is 11.9 Å². The van der Waals surface area contributed by atoms with E-state index in [1.54, 1.807) is 11.3 Å². The first kappa shape index (κ1) is 16.2. The fourth-order valence-corrected chi connectivity index (χ4v) is 4.25. The van der Waals surface area contributed by atoms with Gasteiger partial charge in [0.15, 0.2) is 0 Å². The molecule has 3 heterocycles. The Balaban J connectivity index is 1.62. The Kier molecular flexibility index (Phi) is 4.85. The zero-order valence-corrected chi connectivity index (χ0v) is 15.0. The van der Waals surface area contributed by atoms with Crippen molar-refractivity contribution in [2.24, 2.45) is 0 Å². The number of hydrogen-bond donors (Lipinski definition) is 0. The van der Waals surface area contributed by atoms with Gasteiger partial charge in [-0.3, -0.25) is 4.79 Å². The molecule has 2 aromatic rings. The number of thiazole rings is 1. The highest BCUT2D eigenvalue weighted by atomic mass is 32.1. The zero-order valence-electron chi connectivity index (χ0n) is 14.2. The van der Waals surface area contributed by atoms with Crippen molar-refractivity contribution in [3.63, 3.8) is 0 Å². The minimum atomic E-state index is 0.210. The van der Waals surface area contributed by atoms with Crippen LogP contribution < -0.4 is 0 Å². The molecule has 4 nitrogen and oxygen atoms in total. The number of rotatable bonds is 4. The number of carbonyl (C=O) groups is 1. The average Bonchev–Trinajstić information content (AvgIpc) is 3.18. The molecule has 1 aliphatic heterocycles. The molecular formula is C18H25N3OS. The Bertz CT molecular complexity index is 642. The van der Waals surface area contributed by atoms with E-state index in [1.165, 1.54) is 9.88 Å². The molecule has 0 unspecified atom stereocenters. The average molecular weight is 331 g/mol. The van der Waals surface area contributed by atoms with Gasteiger partial charge in [-0.05, 0) is 45.7 Å².